The summed E-state index contributed by atoms with van der Waals surface area (Å²) in [5, 5.41) is 6.23. The summed E-state index contributed by atoms with van der Waals surface area (Å²) in [5.74, 6) is 0.406. The lowest BCUT2D eigenvalue weighted by Gasteiger charge is -2.07. The molecule has 0 unspecified atom stereocenters. The van der Waals surface area contributed by atoms with Crippen LogP contribution in [0.15, 0.2) is 21.5 Å². The van der Waals surface area contributed by atoms with Gasteiger partial charge in [0.25, 0.3) is 5.91 Å². The van der Waals surface area contributed by atoms with Crippen molar-refractivity contribution in [1.82, 2.24) is 5.43 Å². The van der Waals surface area contributed by atoms with Gasteiger partial charge < -0.3 is 0 Å². The molecule has 0 atom stereocenters. The van der Waals surface area contributed by atoms with Crippen LogP contribution in [0.2, 0.25) is 4.34 Å². The molecule has 0 saturated heterocycles. The maximum atomic E-state index is 11.4. The Morgan fingerprint density at radius 1 is 1.53 bits per heavy atom. The van der Waals surface area contributed by atoms with E-state index in [9.17, 15) is 4.79 Å². The monoisotopic (exact) mass is 286 g/mol. The van der Waals surface area contributed by atoms with Gasteiger partial charge >= 0.3 is 0 Å². The van der Waals surface area contributed by atoms with Crippen LogP contribution < -0.4 is 5.43 Å². The number of thiophene rings is 1. The molecule has 1 radical (unpaired) electrons. The summed E-state index contributed by atoms with van der Waals surface area (Å²) >= 11 is 8.69. The molecule has 0 fully saturated rings. The van der Waals surface area contributed by atoms with Gasteiger partial charge in [0.15, 0.2) is 0 Å². The first-order valence-electron chi connectivity index (χ1n) is 4.95. The Hall–Kier alpha value is -0.850. The molecule has 2 heterocycles. The standard InChI is InChI=1S/C10H9ClN3OS2/c1-2-7-9(15)12-10(14-13-7)17-5-6-3-8(11)16-4-6/h3-4H,2,5H2,1H3. The Morgan fingerprint density at radius 3 is 2.94 bits per heavy atom. The molecule has 1 aromatic heterocycles. The summed E-state index contributed by atoms with van der Waals surface area (Å²) in [6.45, 7) is 1.85. The number of hydrogen-bond acceptors (Lipinski definition) is 4. The number of amides is 1. The van der Waals surface area contributed by atoms with Crippen molar-refractivity contribution in [2.75, 3.05) is 0 Å². The number of rotatable bonds is 3. The number of carbonyl (C=O) groups excluding carboxylic acids is 1. The summed E-state index contributed by atoms with van der Waals surface area (Å²) in [5.41, 5.74) is 5.41. The molecule has 0 aromatic carbocycles. The van der Waals surface area contributed by atoms with Gasteiger partial charge in [-0.2, -0.15) is 4.99 Å². The molecule has 1 amide bonds. The smallest absolute Gasteiger partial charge is 0.265 e. The lowest BCUT2D eigenvalue weighted by Crippen LogP contribution is -2.23. The van der Waals surface area contributed by atoms with Crippen molar-refractivity contribution in [3.05, 3.63) is 21.3 Å². The van der Waals surface area contributed by atoms with Crippen molar-refractivity contribution in [3.8, 4) is 0 Å². The fourth-order valence-corrected chi connectivity index (χ4v) is 2.89. The third kappa shape index (κ3) is 3.31. The summed E-state index contributed by atoms with van der Waals surface area (Å²) in [4.78, 5) is 15.3. The van der Waals surface area contributed by atoms with E-state index in [-0.39, 0.29) is 5.91 Å². The minimum atomic E-state index is -0.284. The second-order valence-electron chi connectivity index (χ2n) is 3.25. The normalized spacial score (nSPS) is 15.3. The fraction of sp³-hybridized carbons (Fsp3) is 0.300. The molecule has 0 saturated carbocycles. The van der Waals surface area contributed by atoms with Crippen molar-refractivity contribution >= 4 is 51.5 Å². The molecule has 1 aliphatic rings. The zero-order valence-electron chi connectivity index (χ0n) is 9.01. The van der Waals surface area contributed by atoms with Crippen LogP contribution in [0.4, 0.5) is 0 Å². The summed E-state index contributed by atoms with van der Waals surface area (Å²) in [6, 6.07) is 1.89. The van der Waals surface area contributed by atoms with E-state index in [2.05, 4.69) is 15.5 Å². The molecule has 4 nitrogen and oxygen atoms in total. The number of hydrogen-bond donors (Lipinski definition) is 0. The van der Waals surface area contributed by atoms with E-state index < -0.39 is 0 Å². The van der Waals surface area contributed by atoms with E-state index in [1.807, 2.05) is 18.4 Å². The third-order valence-electron chi connectivity index (χ3n) is 2.02. The molecule has 0 N–H and O–H groups in total. The summed E-state index contributed by atoms with van der Waals surface area (Å²) < 4.78 is 0.755. The summed E-state index contributed by atoms with van der Waals surface area (Å²) in [7, 11) is 0. The molecular formula is C10H9ClN3OS2. The van der Waals surface area contributed by atoms with Crippen LogP contribution in [0.1, 0.15) is 18.9 Å². The van der Waals surface area contributed by atoms with E-state index in [1.165, 1.54) is 23.1 Å². The fourth-order valence-electron chi connectivity index (χ4n) is 1.17. The number of halogens is 1. The highest BCUT2D eigenvalue weighted by Crippen LogP contribution is 2.24. The minimum absolute atomic E-state index is 0.284. The zero-order valence-corrected chi connectivity index (χ0v) is 11.4. The Bertz CT molecular complexity index is 495. The zero-order chi connectivity index (χ0) is 12.3. The van der Waals surface area contributed by atoms with Crippen LogP contribution in [0.3, 0.4) is 0 Å². The molecule has 17 heavy (non-hydrogen) atoms. The molecule has 0 bridgehead atoms. The van der Waals surface area contributed by atoms with Gasteiger partial charge in [0.2, 0.25) is 5.17 Å². The van der Waals surface area contributed by atoms with Gasteiger partial charge in [-0.05, 0) is 23.4 Å². The number of amidine groups is 1. The number of carbonyl (C=O) groups is 1. The second kappa shape index (κ2) is 5.66. The van der Waals surface area contributed by atoms with Crippen molar-refractivity contribution in [2.45, 2.75) is 19.1 Å². The lowest BCUT2D eigenvalue weighted by atomic mass is 10.3. The van der Waals surface area contributed by atoms with Gasteiger partial charge in [-0.15, -0.1) is 21.9 Å². The highest BCUT2D eigenvalue weighted by Gasteiger charge is 2.17. The van der Waals surface area contributed by atoms with E-state index in [0.717, 1.165) is 9.90 Å². The van der Waals surface area contributed by atoms with Crippen LogP contribution >= 0.6 is 34.7 Å². The molecule has 1 aromatic rings. The maximum absolute atomic E-state index is 11.4. The largest absolute Gasteiger partial charge is 0.295 e. The van der Waals surface area contributed by atoms with Gasteiger partial charge in [0.05, 0.1) is 4.34 Å². The van der Waals surface area contributed by atoms with Crippen molar-refractivity contribution in [3.63, 3.8) is 0 Å². The van der Waals surface area contributed by atoms with Crippen LogP contribution in [0, 0.1) is 0 Å². The van der Waals surface area contributed by atoms with E-state index in [0.29, 0.717) is 23.1 Å². The predicted molar refractivity (Wildman–Crippen MR) is 72.9 cm³/mol. The van der Waals surface area contributed by atoms with Crippen LogP contribution in [0.25, 0.3) is 0 Å². The van der Waals surface area contributed by atoms with Crippen molar-refractivity contribution in [2.24, 2.45) is 10.1 Å². The van der Waals surface area contributed by atoms with Crippen LogP contribution in [-0.4, -0.2) is 16.8 Å². The first kappa shape index (κ1) is 12.6. The molecule has 2 rings (SSSR count). The predicted octanol–water partition coefficient (Wildman–Crippen LogP) is 2.90. The van der Waals surface area contributed by atoms with Crippen LogP contribution in [0.5, 0.6) is 0 Å². The van der Waals surface area contributed by atoms with Gasteiger partial charge in [0, 0.05) is 5.75 Å². The maximum Gasteiger partial charge on any atom is 0.295 e. The van der Waals surface area contributed by atoms with E-state index in [4.69, 9.17) is 11.6 Å². The number of thioether (sulfide) groups is 1. The number of aliphatic imine (C=N–C) groups is 1. The molecule has 7 heteroatoms. The molecule has 0 spiro atoms. The second-order valence-corrected chi connectivity index (χ2v) is 5.73. The Labute approximate surface area is 112 Å². The molecule has 1 aliphatic heterocycles. The Kier molecular flexibility index (Phi) is 4.20. The van der Waals surface area contributed by atoms with E-state index in [1.54, 1.807) is 0 Å². The van der Waals surface area contributed by atoms with E-state index >= 15 is 0 Å². The number of nitrogens with zero attached hydrogens (tertiary/aromatic N) is 3. The summed E-state index contributed by atoms with van der Waals surface area (Å²) in [6.07, 6.45) is 0.559. The molecule has 89 valence electrons. The highest BCUT2D eigenvalue weighted by atomic mass is 35.5. The first-order chi connectivity index (χ1) is 8.19. The SMILES string of the molecule is CCC1=N[N]C(SCc2csc(Cl)c2)=NC1=O. The average molecular weight is 287 g/mol. The van der Waals surface area contributed by atoms with Gasteiger partial charge in [-0.25, -0.2) is 0 Å². The average Bonchev–Trinajstić information content (AvgIpc) is 2.73. The quantitative estimate of drug-likeness (QED) is 0.858. The van der Waals surface area contributed by atoms with Gasteiger partial charge in [-0.3, -0.25) is 4.79 Å². The first-order valence-corrected chi connectivity index (χ1v) is 7.19. The van der Waals surface area contributed by atoms with Gasteiger partial charge in [0.1, 0.15) is 5.71 Å². The molecular weight excluding hydrogens is 278 g/mol. The van der Waals surface area contributed by atoms with Crippen molar-refractivity contribution in [1.29, 1.82) is 0 Å². The Morgan fingerprint density at radius 2 is 2.35 bits per heavy atom. The lowest BCUT2D eigenvalue weighted by molar-refractivity contribution is -0.112. The molecule has 0 aliphatic carbocycles. The van der Waals surface area contributed by atoms with Gasteiger partial charge in [-0.1, -0.05) is 30.3 Å². The Balaban J connectivity index is 1.91. The highest BCUT2D eigenvalue weighted by molar-refractivity contribution is 8.13. The topological polar surface area (TPSA) is 55.9 Å². The van der Waals surface area contributed by atoms with Crippen LogP contribution in [-0.2, 0) is 10.5 Å². The minimum Gasteiger partial charge on any atom is -0.265 e. The van der Waals surface area contributed by atoms with Crippen molar-refractivity contribution < 1.29 is 4.79 Å². The third-order valence-corrected chi connectivity index (χ3v) is 4.07.